The summed E-state index contributed by atoms with van der Waals surface area (Å²) in [4.78, 5) is 0. The average Bonchev–Trinajstić information content (AvgIpc) is 2.81. The molecular formula is C18H26ClN. The number of hydrogen-bond acceptors (Lipinski definition) is 1. The monoisotopic (exact) mass is 291 g/mol. The second kappa shape index (κ2) is 5.26. The molecule has 1 aromatic rings. The van der Waals surface area contributed by atoms with Crippen LogP contribution in [0.5, 0.6) is 0 Å². The van der Waals surface area contributed by atoms with E-state index in [1.165, 1.54) is 36.9 Å². The first kappa shape index (κ1) is 14.3. The molecule has 1 aliphatic heterocycles. The van der Waals surface area contributed by atoms with Gasteiger partial charge in [-0.3, -0.25) is 0 Å². The van der Waals surface area contributed by atoms with E-state index < -0.39 is 0 Å². The fourth-order valence-electron chi connectivity index (χ4n) is 4.14. The normalized spacial score (nSPS) is 29.9. The van der Waals surface area contributed by atoms with Crippen LogP contribution >= 0.6 is 11.6 Å². The lowest BCUT2D eigenvalue weighted by molar-refractivity contribution is 0.141. The Kier molecular flexibility index (Phi) is 3.75. The number of halogens is 1. The van der Waals surface area contributed by atoms with Crippen LogP contribution < -0.4 is 5.32 Å². The van der Waals surface area contributed by atoms with Crippen molar-refractivity contribution in [1.82, 2.24) is 0 Å². The van der Waals surface area contributed by atoms with Crippen molar-refractivity contribution in [2.24, 2.45) is 17.3 Å². The number of nitrogens with one attached hydrogen (secondary N) is 1. The molecule has 2 heteroatoms. The lowest BCUT2D eigenvalue weighted by Gasteiger charge is -2.38. The predicted octanol–water partition coefficient (Wildman–Crippen LogP) is 5.70. The Morgan fingerprint density at radius 1 is 1.10 bits per heavy atom. The Labute approximate surface area is 128 Å². The summed E-state index contributed by atoms with van der Waals surface area (Å²) in [6, 6.07) is 6.31. The van der Waals surface area contributed by atoms with Crippen LogP contribution in [0.4, 0.5) is 5.69 Å². The van der Waals surface area contributed by atoms with Gasteiger partial charge >= 0.3 is 0 Å². The molecule has 0 saturated heterocycles. The molecule has 0 amide bonds. The van der Waals surface area contributed by atoms with Gasteiger partial charge in [-0.1, -0.05) is 32.4 Å². The van der Waals surface area contributed by atoms with Crippen molar-refractivity contribution in [1.29, 1.82) is 0 Å². The molecule has 0 aromatic heterocycles. The van der Waals surface area contributed by atoms with E-state index in [9.17, 15) is 0 Å². The van der Waals surface area contributed by atoms with E-state index in [0.29, 0.717) is 11.3 Å². The van der Waals surface area contributed by atoms with Crippen LogP contribution in [-0.2, 0) is 0 Å². The summed E-state index contributed by atoms with van der Waals surface area (Å²) in [5.41, 5.74) is 3.23. The summed E-state index contributed by atoms with van der Waals surface area (Å²) >= 11 is 6.18. The Morgan fingerprint density at radius 2 is 1.80 bits per heavy atom. The molecule has 0 spiro atoms. The van der Waals surface area contributed by atoms with Crippen molar-refractivity contribution < 1.29 is 0 Å². The van der Waals surface area contributed by atoms with Gasteiger partial charge in [0.25, 0.3) is 0 Å². The zero-order valence-electron chi connectivity index (χ0n) is 12.9. The van der Waals surface area contributed by atoms with Crippen LogP contribution in [0.1, 0.15) is 57.9 Å². The molecule has 0 radical (unpaired) electrons. The Morgan fingerprint density at radius 3 is 2.45 bits per heavy atom. The lowest BCUT2D eigenvalue weighted by atomic mass is 9.67. The molecule has 1 aliphatic carbocycles. The fourth-order valence-corrected chi connectivity index (χ4v) is 4.32. The largest absolute Gasteiger partial charge is 0.384 e. The van der Waals surface area contributed by atoms with Crippen molar-refractivity contribution in [3.05, 3.63) is 28.8 Å². The highest BCUT2D eigenvalue weighted by atomic mass is 35.5. The highest BCUT2D eigenvalue weighted by molar-refractivity contribution is 6.30. The average molecular weight is 292 g/mol. The molecule has 1 aromatic carbocycles. The van der Waals surface area contributed by atoms with Crippen molar-refractivity contribution in [3.63, 3.8) is 0 Å². The molecule has 1 unspecified atom stereocenters. The van der Waals surface area contributed by atoms with E-state index >= 15 is 0 Å². The van der Waals surface area contributed by atoms with Gasteiger partial charge in [0.1, 0.15) is 0 Å². The molecule has 1 N–H and O–H groups in total. The van der Waals surface area contributed by atoms with Crippen molar-refractivity contribution >= 4 is 17.3 Å². The van der Waals surface area contributed by atoms with Crippen LogP contribution in [-0.4, -0.2) is 6.54 Å². The topological polar surface area (TPSA) is 12.0 Å². The van der Waals surface area contributed by atoms with Crippen molar-refractivity contribution in [3.8, 4) is 0 Å². The van der Waals surface area contributed by atoms with Crippen LogP contribution in [0.25, 0.3) is 0 Å². The molecule has 1 heterocycles. The van der Waals surface area contributed by atoms with Crippen LogP contribution in [0.2, 0.25) is 5.02 Å². The quantitative estimate of drug-likeness (QED) is 0.699. The third kappa shape index (κ3) is 2.70. The van der Waals surface area contributed by atoms with E-state index in [2.05, 4.69) is 38.2 Å². The van der Waals surface area contributed by atoms with Gasteiger partial charge in [-0.15, -0.1) is 0 Å². The first-order chi connectivity index (χ1) is 9.45. The number of hydrogen-bond donors (Lipinski definition) is 1. The number of fused-ring (bicyclic) bond motifs is 1. The minimum absolute atomic E-state index is 0.472. The maximum Gasteiger partial charge on any atom is 0.0410 e. The molecule has 2 aliphatic rings. The number of benzene rings is 1. The van der Waals surface area contributed by atoms with Crippen molar-refractivity contribution in [2.45, 2.75) is 52.4 Å². The van der Waals surface area contributed by atoms with Crippen molar-refractivity contribution in [2.75, 3.05) is 11.9 Å². The molecule has 1 saturated carbocycles. The van der Waals surface area contributed by atoms with Gasteiger partial charge in [0.15, 0.2) is 0 Å². The Hall–Kier alpha value is -0.690. The van der Waals surface area contributed by atoms with Gasteiger partial charge in [-0.25, -0.2) is 0 Å². The Balaban J connectivity index is 1.70. The lowest BCUT2D eigenvalue weighted by Crippen LogP contribution is -2.28. The highest BCUT2D eigenvalue weighted by Gasteiger charge is 2.35. The van der Waals surface area contributed by atoms with E-state index in [0.717, 1.165) is 23.4 Å². The minimum Gasteiger partial charge on any atom is -0.384 e. The second-order valence-electron chi connectivity index (χ2n) is 7.70. The summed E-state index contributed by atoms with van der Waals surface area (Å²) in [6.07, 6.45) is 5.53. The maximum absolute atomic E-state index is 6.18. The standard InChI is InChI=1S/C18H26ClN/c1-18(2,3)13-6-4-12(5-7-13)16-11-20-17-9-8-14(19)10-15(16)17/h8-10,12-13,16,20H,4-7,11H2,1-3H3. The summed E-state index contributed by atoms with van der Waals surface area (Å²) in [5.74, 6) is 2.40. The van der Waals surface area contributed by atoms with E-state index in [4.69, 9.17) is 11.6 Å². The van der Waals surface area contributed by atoms with Gasteiger partial charge in [0.05, 0.1) is 0 Å². The number of anilines is 1. The SMILES string of the molecule is CC(C)(C)C1CCC(C2CNc3ccc(Cl)cc32)CC1. The molecule has 1 fully saturated rings. The third-order valence-electron chi connectivity index (χ3n) is 5.49. The number of rotatable bonds is 1. The summed E-state index contributed by atoms with van der Waals surface area (Å²) in [5, 5.41) is 4.43. The molecule has 0 bridgehead atoms. The molecule has 1 nitrogen and oxygen atoms in total. The highest BCUT2D eigenvalue weighted by Crippen LogP contribution is 2.47. The van der Waals surface area contributed by atoms with Gasteiger partial charge in [0, 0.05) is 23.2 Å². The van der Waals surface area contributed by atoms with Gasteiger partial charge in [-0.2, -0.15) is 0 Å². The first-order valence-corrected chi connectivity index (χ1v) is 8.36. The first-order valence-electron chi connectivity index (χ1n) is 7.98. The van der Waals surface area contributed by atoms with Gasteiger partial charge in [0.2, 0.25) is 0 Å². The van der Waals surface area contributed by atoms with E-state index in [1.54, 1.807) is 0 Å². The van der Waals surface area contributed by atoms with Crippen LogP contribution in [0.3, 0.4) is 0 Å². The summed E-state index contributed by atoms with van der Waals surface area (Å²) in [7, 11) is 0. The van der Waals surface area contributed by atoms with E-state index in [-0.39, 0.29) is 0 Å². The van der Waals surface area contributed by atoms with Crippen LogP contribution in [0.15, 0.2) is 18.2 Å². The molecule has 1 atom stereocenters. The van der Waals surface area contributed by atoms with Gasteiger partial charge in [-0.05, 0) is 66.7 Å². The maximum atomic E-state index is 6.18. The van der Waals surface area contributed by atoms with Gasteiger partial charge < -0.3 is 5.32 Å². The zero-order chi connectivity index (χ0) is 14.3. The fraction of sp³-hybridized carbons (Fsp3) is 0.667. The molecule has 110 valence electrons. The Bertz CT molecular complexity index is 481. The molecular weight excluding hydrogens is 266 g/mol. The second-order valence-corrected chi connectivity index (χ2v) is 8.13. The summed E-state index contributed by atoms with van der Waals surface area (Å²) < 4.78 is 0. The predicted molar refractivity (Wildman–Crippen MR) is 87.6 cm³/mol. The minimum atomic E-state index is 0.472. The van der Waals surface area contributed by atoms with Crippen LogP contribution in [0, 0.1) is 17.3 Å². The molecule has 3 rings (SSSR count). The molecule has 20 heavy (non-hydrogen) atoms. The third-order valence-corrected chi connectivity index (χ3v) is 5.73. The smallest absolute Gasteiger partial charge is 0.0410 e. The van der Waals surface area contributed by atoms with E-state index in [1.807, 2.05) is 6.07 Å². The summed E-state index contributed by atoms with van der Waals surface area (Å²) in [6.45, 7) is 8.28. The zero-order valence-corrected chi connectivity index (χ0v) is 13.6.